The van der Waals surface area contributed by atoms with E-state index in [0.29, 0.717) is 19.6 Å². The molecular weight excluding hydrogens is 318 g/mol. The average Bonchev–Trinajstić information content (AvgIpc) is 3.24. The standard InChI is InChI=1S/C18H25N5O2/c1-13-17(14(2)22-21-13)10-20-18(24)23(12-16-7-5-9-25-16)11-15-6-3-4-8-19-15/h3-4,6,8,16H,5,7,9-12H2,1-2H3,(H,20,24)(H,21,22)/t16-/m1/s1. The predicted octanol–water partition coefficient (Wildman–Crippen LogP) is 2.31. The van der Waals surface area contributed by atoms with Gasteiger partial charge in [0, 0.05) is 37.2 Å². The molecule has 2 aromatic rings. The Balaban J connectivity index is 1.65. The van der Waals surface area contributed by atoms with Gasteiger partial charge in [-0.3, -0.25) is 10.1 Å². The molecule has 0 unspecified atom stereocenters. The van der Waals surface area contributed by atoms with Crippen molar-refractivity contribution in [3.05, 3.63) is 47.0 Å². The SMILES string of the molecule is Cc1n[nH]c(C)c1CNC(=O)N(Cc1ccccn1)C[C@H]1CCCO1. The maximum atomic E-state index is 12.8. The average molecular weight is 343 g/mol. The van der Waals surface area contributed by atoms with E-state index in [1.807, 2.05) is 32.0 Å². The smallest absolute Gasteiger partial charge is 0.318 e. The second kappa shape index (κ2) is 8.11. The Hall–Kier alpha value is -2.41. The zero-order valence-electron chi connectivity index (χ0n) is 14.8. The van der Waals surface area contributed by atoms with Crippen molar-refractivity contribution in [2.75, 3.05) is 13.2 Å². The summed E-state index contributed by atoms with van der Waals surface area (Å²) in [6.45, 7) is 6.17. The maximum absolute atomic E-state index is 12.8. The Labute approximate surface area is 147 Å². The Bertz CT molecular complexity index is 675. The first-order valence-electron chi connectivity index (χ1n) is 8.68. The molecule has 2 amide bonds. The first-order chi connectivity index (χ1) is 12.1. The lowest BCUT2D eigenvalue weighted by atomic mass is 10.2. The number of nitrogens with zero attached hydrogens (tertiary/aromatic N) is 3. The van der Waals surface area contributed by atoms with E-state index < -0.39 is 0 Å². The number of nitrogens with one attached hydrogen (secondary N) is 2. The van der Waals surface area contributed by atoms with Crippen molar-refractivity contribution in [1.29, 1.82) is 0 Å². The van der Waals surface area contributed by atoms with Crippen molar-refractivity contribution in [1.82, 2.24) is 25.4 Å². The van der Waals surface area contributed by atoms with Crippen LogP contribution >= 0.6 is 0 Å². The lowest BCUT2D eigenvalue weighted by molar-refractivity contribution is 0.0791. The highest BCUT2D eigenvalue weighted by molar-refractivity contribution is 5.74. The molecule has 1 fully saturated rings. The quantitative estimate of drug-likeness (QED) is 0.843. The molecule has 3 heterocycles. The summed E-state index contributed by atoms with van der Waals surface area (Å²) in [6, 6.07) is 5.63. The summed E-state index contributed by atoms with van der Waals surface area (Å²) in [5, 5.41) is 10.1. The van der Waals surface area contributed by atoms with E-state index in [2.05, 4.69) is 20.5 Å². The maximum Gasteiger partial charge on any atom is 0.318 e. The van der Waals surface area contributed by atoms with E-state index in [9.17, 15) is 4.79 Å². The van der Waals surface area contributed by atoms with Crippen LogP contribution < -0.4 is 5.32 Å². The number of aromatic amines is 1. The number of H-pyrrole nitrogens is 1. The molecule has 1 saturated heterocycles. The van der Waals surface area contributed by atoms with Gasteiger partial charge in [-0.1, -0.05) is 6.07 Å². The van der Waals surface area contributed by atoms with Crippen molar-refractivity contribution < 1.29 is 9.53 Å². The molecule has 1 atom stereocenters. The molecule has 0 aliphatic carbocycles. The van der Waals surface area contributed by atoms with Crippen molar-refractivity contribution in [2.45, 2.75) is 45.9 Å². The summed E-state index contributed by atoms with van der Waals surface area (Å²) < 4.78 is 5.70. The van der Waals surface area contributed by atoms with Crippen LogP contribution in [0.25, 0.3) is 0 Å². The van der Waals surface area contributed by atoms with Crippen LogP contribution in [-0.2, 0) is 17.8 Å². The molecule has 2 N–H and O–H groups in total. The molecule has 1 aliphatic rings. The molecule has 0 aromatic carbocycles. The Kier molecular flexibility index (Phi) is 5.65. The molecule has 0 saturated carbocycles. The zero-order chi connectivity index (χ0) is 17.6. The third-order valence-corrected chi connectivity index (χ3v) is 4.51. The van der Waals surface area contributed by atoms with Gasteiger partial charge in [-0.2, -0.15) is 5.10 Å². The van der Waals surface area contributed by atoms with E-state index >= 15 is 0 Å². The predicted molar refractivity (Wildman–Crippen MR) is 93.9 cm³/mol. The van der Waals surface area contributed by atoms with Crippen LogP contribution in [0.4, 0.5) is 4.79 Å². The number of aryl methyl sites for hydroxylation is 2. The summed E-state index contributed by atoms with van der Waals surface area (Å²) in [7, 11) is 0. The summed E-state index contributed by atoms with van der Waals surface area (Å²) in [4.78, 5) is 18.9. The second-order valence-corrected chi connectivity index (χ2v) is 6.41. The number of pyridine rings is 1. The van der Waals surface area contributed by atoms with Gasteiger partial charge in [-0.15, -0.1) is 0 Å². The third kappa shape index (κ3) is 4.57. The van der Waals surface area contributed by atoms with E-state index in [1.165, 1.54) is 0 Å². The number of carbonyl (C=O) groups is 1. The normalized spacial score (nSPS) is 16.8. The van der Waals surface area contributed by atoms with Crippen LogP contribution in [0.3, 0.4) is 0 Å². The van der Waals surface area contributed by atoms with Crippen LogP contribution in [0.5, 0.6) is 0 Å². The number of hydrogen-bond acceptors (Lipinski definition) is 4. The highest BCUT2D eigenvalue weighted by Crippen LogP contribution is 2.15. The number of urea groups is 1. The van der Waals surface area contributed by atoms with Crippen LogP contribution in [0, 0.1) is 13.8 Å². The molecule has 7 heteroatoms. The Morgan fingerprint density at radius 1 is 1.44 bits per heavy atom. The van der Waals surface area contributed by atoms with Crippen molar-refractivity contribution in [3.63, 3.8) is 0 Å². The fourth-order valence-electron chi connectivity index (χ4n) is 3.05. The lowest BCUT2D eigenvalue weighted by Crippen LogP contribution is -2.43. The first kappa shape index (κ1) is 17.4. The summed E-state index contributed by atoms with van der Waals surface area (Å²) >= 11 is 0. The minimum atomic E-state index is -0.110. The van der Waals surface area contributed by atoms with Gasteiger partial charge >= 0.3 is 6.03 Å². The fourth-order valence-corrected chi connectivity index (χ4v) is 3.05. The van der Waals surface area contributed by atoms with Gasteiger partial charge in [-0.25, -0.2) is 4.79 Å². The summed E-state index contributed by atoms with van der Waals surface area (Å²) in [6.07, 6.45) is 3.89. The van der Waals surface area contributed by atoms with Gasteiger partial charge < -0.3 is 15.0 Å². The number of ether oxygens (including phenoxy) is 1. The number of carbonyl (C=O) groups excluding carboxylic acids is 1. The monoisotopic (exact) mass is 343 g/mol. The molecule has 0 spiro atoms. The molecular formula is C18H25N5O2. The van der Waals surface area contributed by atoms with E-state index in [0.717, 1.165) is 42.1 Å². The number of aromatic nitrogens is 3. The molecule has 2 aromatic heterocycles. The van der Waals surface area contributed by atoms with Gasteiger partial charge in [0.05, 0.1) is 24.0 Å². The van der Waals surface area contributed by atoms with Crippen LogP contribution in [0.1, 0.15) is 35.5 Å². The molecule has 0 bridgehead atoms. The lowest BCUT2D eigenvalue weighted by Gasteiger charge is -2.25. The van der Waals surface area contributed by atoms with E-state index in [1.54, 1.807) is 11.1 Å². The van der Waals surface area contributed by atoms with Crippen LogP contribution in [0.2, 0.25) is 0 Å². The minimum Gasteiger partial charge on any atom is -0.376 e. The van der Waals surface area contributed by atoms with E-state index in [4.69, 9.17) is 4.74 Å². The molecule has 25 heavy (non-hydrogen) atoms. The number of hydrogen-bond donors (Lipinski definition) is 2. The van der Waals surface area contributed by atoms with Gasteiger partial charge in [-0.05, 0) is 38.8 Å². The largest absolute Gasteiger partial charge is 0.376 e. The van der Waals surface area contributed by atoms with Crippen LogP contribution in [-0.4, -0.2) is 45.4 Å². The second-order valence-electron chi connectivity index (χ2n) is 6.41. The highest BCUT2D eigenvalue weighted by Gasteiger charge is 2.23. The fraction of sp³-hybridized carbons (Fsp3) is 0.500. The minimum absolute atomic E-state index is 0.104. The van der Waals surface area contributed by atoms with E-state index in [-0.39, 0.29) is 12.1 Å². The molecule has 134 valence electrons. The molecule has 3 rings (SSSR count). The summed E-state index contributed by atoms with van der Waals surface area (Å²) in [5.41, 5.74) is 3.79. The Morgan fingerprint density at radius 3 is 2.96 bits per heavy atom. The number of rotatable bonds is 6. The first-order valence-corrected chi connectivity index (χ1v) is 8.68. The van der Waals surface area contributed by atoms with Crippen molar-refractivity contribution >= 4 is 6.03 Å². The number of amides is 2. The van der Waals surface area contributed by atoms with Crippen molar-refractivity contribution in [3.8, 4) is 0 Å². The third-order valence-electron chi connectivity index (χ3n) is 4.51. The van der Waals surface area contributed by atoms with Gasteiger partial charge in [0.25, 0.3) is 0 Å². The Morgan fingerprint density at radius 2 is 2.32 bits per heavy atom. The van der Waals surface area contributed by atoms with Crippen LogP contribution in [0.15, 0.2) is 24.4 Å². The zero-order valence-corrected chi connectivity index (χ0v) is 14.8. The van der Waals surface area contributed by atoms with Crippen molar-refractivity contribution in [2.24, 2.45) is 0 Å². The van der Waals surface area contributed by atoms with Gasteiger partial charge in [0.2, 0.25) is 0 Å². The topological polar surface area (TPSA) is 83.1 Å². The van der Waals surface area contributed by atoms with Gasteiger partial charge in [0.15, 0.2) is 0 Å². The highest BCUT2D eigenvalue weighted by atomic mass is 16.5. The molecule has 7 nitrogen and oxygen atoms in total. The molecule has 1 aliphatic heterocycles. The summed E-state index contributed by atoms with van der Waals surface area (Å²) in [5.74, 6) is 0. The molecule has 0 radical (unpaired) electrons. The van der Waals surface area contributed by atoms with Gasteiger partial charge in [0.1, 0.15) is 0 Å².